The molecule has 1 aromatic rings. The van der Waals surface area contributed by atoms with E-state index in [9.17, 15) is 5.11 Å². The number of aliphatic hydroxyl groups is 1. The number of hydrogen-bond acceptors (Lipinski definition) is 2. The molecule has 1 aliphatic heterocycles. The molecule has 0 saturated carbocycles. The van der Waals surface area contributed by atoms with Crippen molar-refractivity contribution in [2.24, 2.45) is 0 Å². The quantitative estimate of drug-likeness (QED) is 0.768. The summed E-state index contributed by atoms with van der Waals surface area (Å²) in [5.74, 6) is 0. The smallest absolute Gasteiger partial charge is 0.145 e. The van der Waals surface area contributed by atoms with Crippen molar-refractivity contribution in [1.29, 1.82) is 0 Å². The highest BCUT2D eigenvalue weighted by atomic mass is 16.6. The van der Waals surface area contributed by atoms with Gasteiger partial charge >= 0.3 is 0 Å². The molecule has 1 heterocycles. The molecule has 1 atom stereocenters. The fourth-order valence-corrected chi connectivity index (χ4v) is 2.30. The number of rotatable bonds is 4. The first-order valence-electron chi connectivity index (χ1n) is 5.60. The zero-order valence-corrected chi connectivity index (χ0v) is 9.36. The van der Waals surface area contributed by atoms with Gasteiger partial charge in [-0.1, -0.05) is 44.2 Å². The van der Waals surface area contributed by atoms with Crippen molar-refractivity contribution in [2.75, 3.05) is 6.61 Å². The number of benzene rings is 1. The van der Waals surface area contributed by atoms with Crippen LogP contribution in [0, 0.1) is 0 Å². The molecule has 0 bridgehead atoms. The first-order valence-corrected chi connectivity index (χ1v) is 5.60. The van der Waals surface area contributed by atoms with Crippen LogP contribution in [0.1, 0.15) is 32.3 Å². The van der Waals surface area contributed by atoms with Crippen LogP contribution in [0.15, 0.2) is 30.3 Å². The molecule has 0 amide bonds. The topological polar surface area (TPSA) is 32.8 Å². The first kappa shape index (κ1) is 10.7. The molecule has 15 heavy (non-hydrogen) atoms. The Labute approximate surface area is 90.9 Å². The molecule has 1 aromatic carbocycles. The highest BCUT2D eigenvalue weighted by molar-refractivity contribution is 5.31. The molecule has 2 rings (SSSR count). The van der Waals surface area contributed by atoms with E-state index in [0.29, 0.717) is 6.61 Å². The van der Waals surface area contributed by atoms with E-state index in [1.807, 2.05) is 44.2 Å². The van der Waals surface area contributed by atoms with Crippen LogP contribution >= 0.6 is 0 Å². The molecule has 1 unspecified atom stereocenters. The lowest BCUT2D eigenvalue weighted by Gasteiger charge is -2.32. The van der Waals surface area contributed by atoms with Gasteiger partial charge in [-0.05, 0) is 18.4 Å². The van der Waals surface area contributed by atoms with Crippen LogP contribution in [0.2, 0.25) is 0 Å². The summed E-state index contributed by atoms with van der Waals surface area (Å²) in [6.45, 7) is 4.65. The largest absolute Gasteiger partial charge is 0.386 e. The molecular weight excluding hydrogens is 188 g/mol. The average Bonchev–Trinajstić information content (AvgIpc) is 3.11. The van der Waals surface area contributed by atoms with E-state index in [2.05, 4.69) is 0 Å². The van der Waals surface area contributed by atoms with E-state index in [4.69, 9.17) is 4.74 Å². The molecule has 2 nitrogen and oxygen atoms in total. The van der Waals surface area contributed by atoms with Crippen LogP contribution in [-0.4, -0.2) is 17.3 Å². The van der Waals surface area contributed by atoms with Crippen molar-refractivity contribution in [3.63, 3.8) is 0 Å². The van der Waals surface area contributed by atoms with Crippen molar-refractivity contribution < 1.29 is 9.84 Å². The van der Waals surface area contributed by atoms with E-state index < -0.39 is 11.2 Å². The van der Waals surface area contributed by atoms with Crippen LogP contribution in [0.25, 0.3) is 0 Å². The summed E-state index contributed by atoms with van der Waals surface area (Å²) >= 11 is 0. The minimum absolute atomic E-state index is 0.447. The Morgan fingerprint density at radius 3 is 2.20 bits per heavy atom. The minimum atomic E-state index is -0.728. The van der Waals surface area contributed by atoms with Gasteiger partial charge in [0.25, 0.3) is 0 Å². The standard InChI is InChI=1S/C13H18O2/c1-3-12(14,4-2)13(10-15-13)11-8-6-5-7-9-11/h5-9,14H,3-4,10H2,1-2H3. The van der Waals surface area contributed by atoms with Crippen LogP contribution in [-0.2, 0) is 10.3 Å². The summed E-state index contributed by atoms with van der Waals surface area (Å²) in [5.41, 5.74) is -0.0808. The second-order valence-corrected chi connectivity index (χ2v) is 4.22. The Morgan fingerprint density at radius 1 is 1.27 bits per heavy atom. The molecule has 0 spiro atoms. The third kappa shape index (κ3) is 1.48. The predicted octanol–water partition coefficient (Wildman–Crippen LogP) is 2.46. The zero-order valence-electron chi connectivity index (χ0n) is 9.36. The van der Waals surface area contributed by atoms with Gasteiger partial charge in [-0.15, -0.1) is 0 Å². The molecule has 1 aliphatic rings. The van der Waals surface area contributed by atoms with Crippen LogP contribution in [0.5, 0.6) is 0 Å². The Bertz CT molecular complexity index is 324. The summed E-state index contributed by atoms with van der Waals surface area (Å²) in [6.07, 6.45) is 1.44. The summed E-state index contributed by atoms with van der Waals surface area (Å²) in [4.78, 5) is 0. The van der Waals surface area contributed by atoms with Gasteiger partial charge in [0.05, 0.1) is 12.2 Å². The molecule has 0 aliphatic carbocycles. The number of hydrogen-bond donors (Lipinski definition) is 1. The van der Waals surface area contributed by atoms with Crippen LogP contribution < -0.4 is 0 Å². The van der Waals surface area contributed by atoms with Crippen LogP contribution in [0.3, 0.4) is 0 Å². The number of epoxide rings is 1. The van der Waals surface area contributed by atoms with E-state index in [0.717, 1.165) is 18.4 Å². The van der Waals surface area contributed by atoms with Gasteiger partial charge in [0.15, 0.2) is 0 Å². The van der Waals surface area contributed by atoms with Gasteiger partial charge in [0.1, 0.15) is 5.60 Å². The third-order valence-corrected chi connectivity index (χ3v) is 3.59. The maximum atomic E-state index is 10.5. The van der Waals surface area contributed by atoms with E-state index in [-0.39, 0.29) is 0 Å². The lowest BCUT2D eigenvalue weighted by atomic mass is 9.78. The van der Waals surface area contributed by atoms with Crippen molar-refractivity contribution in [3.8, 4) is 0 Å². The molecule has 0 aromatic heterocycles. The molecular formula is C13H18O2. The molecule has 0 radical (unpaired) electrons. The van der Waals surface area contributed by atoms with Crippen LogP contribution in [0.4, 0.5) is 0 Å². The summed E-state index contributed by atoms with van der Waals surface area (Å²) in [5, 5.41) is 10.5. The average molecular weight is 206 g/mol. The normalized spacial score (nSPS) is 25.3. The van der Waals surface area contributed by atoms with E-state index in [1.54, 1.807) is 0 Å². The van der Waals surface area contributed by atoms with Crippen molar-refractivity contribution in [1.82, 2.24) is 0 Å². The fraction of sp³-hybridized carbons (Fsp3) is 0.538. The Hall–Kier alpha value is -0.860. The second-order valence-electron chi connectivity index (χ2n) is 4.22. The fourth-order valence-electron chi connectivity index (χ4n) is 2.30. The molecule has 82 valence electrons. The lowest BCUT2D eigenvalue weighted by molar-refractivity contribution is -0.0472. The van der Waals surface area contributed by atoms with Crippen molar-refractivity contribution in [3.05, 3.63) is 35.9 Å². The predicted molar refractivity (Wildman–Crippen MR) is 59.6 cm³/mol. The van der Waals surface area contributed by atoms with Gasteiger partial charge < -0.3 is 9.84 Å². The number of ether oxygens (including phenoxy) is 1. The van der Waals surface area contributed by atoms with Crippen molar-refractivity contribution >= 4 is 0 Å². The van der Waals surface area contributed by atoms with Gasteiger partial charge in [0, 0.05) is 0 Å². The third-order valence-electron chi connectivity index (χ3n) is 3.59. The maximum absolute atomic E-state index is 10.5. The molecule has 1 saturated heterocycles. The Balaban J connectivity index is 2.36. The van der Waals surface area contributed by atoms with Gasteiger partial charge in [-0.3, -0.25) is 0 Å². The summed E-state index contributed by atoms with van der Waals surface area (Å²) < 4.78 is 5.58. The first-order chi connectivity index (χ1) is 7.18. The summed E-state index contributed by atoms with van der Waals surface area (Å²) in [7, 11) is 0. The second kappa shape index (κ2) is 3.62. The van der Waals surface area contributed by atoms with Gasteiger partial charge in [-0.2, -0.15) is 0 Å². The zero-order chi connectivity index (χ0) is 10.9. The highest BCUT2D eigenvalue weighted by Gasteiger charge is 2.60. The Kier molecular flexibility index (Phi) is 2.57. The summed E-state index contributed by atoms with van der Waals surface area (Å²) in [6, 6.07) is 10.0. The maximum Gasteiger partial charge on any atom is 0.145 e. The van der Waals surface area contributed by atoms with Crippen molar-refractivity contribution in [2.45, 2.75) is 37.9 Å². The molecule has 1 fully saturated rings. The van der Waals surface area contributed by atoms with E-state index in [1.165, 1.54) is 0 Å². The monoisotopic (exact) mass is 206 g/mol. The SMILES string of the molecule is CCC(O)(CC)C1(c2ccccc2)CO1. The molecule has 1 N–H and O–H groups in total. The van der Waals surface area contributed by atoms with Gasteiger partial charge in [-0.25, -0.2) is 0 Å². The minimum Gasteiger partial charge on any atom is -0.386 e. The molecule has 2 heteroatoms. The lowest BCUT2D eigenvalue weighted by Crippen LogP contribution is -2.42. The van der Waals surface area contributed by atoms with Gasteiger partial charge in [0.2, 0.25) is 0 Å². The van der Waals surface area contributed by atoms with E-state index >= 15 is 0 Å². The highest BCUT2D eigenvalue weighted by Crippen LogP contribution is 2.50. The Morgan fingerprint density at radius 2 is 1.80 bits per heavy atom.